The van der Waals surface area contributed by atoms with E-state index in [0.29, 0.717) is 17.9 Å². The van der Waals surface area contributed by atoms with Crippen molar-refractivity contribution in [3.8, 4) is 12.3 Å². The third-order valence-electron chi connectivity index (χ3n) is 2.74. The Labute approximate surface area is 108 Å². The standard InChI is InChI=1S/C13H20N4O/c1-4-6-7-8-9-15-13(18)12-11(14)10(5-2)16-17(12)3/h1H,5-9,14H2,2-3H3,(H,15,18). The van der Waals surface area contributed by atoms with E-state index in [0.717, 1.165) is 31.4 Å². The normalized spacial score (nSPS) is 10.1. The Bertz CT molecular complexity index is 456. The molecular formula is C13H20N4O. The SMILES string of the molecule is C#CCCCCNC(=O)c1c(N)c(CC)nn1C. The number of nitrogens with two attached hydrogens (primary N) is 1. The number of carbonyl (C=O) groups excluding carboxylic acids is 1. The van der Waals surface area contributed by atoms with Gasteiger partial charge in [0.05, 0.1) is 11.4 Å². The minimum atomic E-state index is -0.178. The van der Waals surface area contributed by atoms with E-state index in [2.05, 4.69) is 16.3 Å². The molecule has 0 saturated carbocycles. The lowest BCUT2D eigenvalue weighted by atomic mass is 10.2. The molecule has 0 bridgehead atoms. The quantitative estimate of drug-likeness (QED) is 0.585. The van der Waals surface area contributed by atoms with Gasteiger partial charge in [-0.15, -0.1) is 12.3 Å². The summed E-state index contributed by atoms with van der Waals surface area (Å²) < 4.78 is 1.53. The molecule has 0 fully saturated rings. The topological polar surface area (TPSA) is 72.9 Å². The first-order valence-electron chi connectivity index (χ1n) is 6.14. The summed E-state index contributed by atoms with van der Waals surface area (Å²) in [4.78, 5) is 12.0. The number of nitrogens with one attached hydrogen (secondary N) is 1. The molecule has 0 unspecified atom stereocenters. The predicted octanol–water partition coefficient (Wildman–Crippen LogP) is 1.10. The number of carbonyl (C=O) groups is 1. The number of amides is 1. The van der Waals surface area contributed by atoms with Gasteiger partial charge >= 0.3 is 0 Å². The number of nitrogens with zero attached hydrogens (tertiary/aromatic N) is 2. The van der Waals surface area contributed by atoms with Crippen LogP contribution >= 0.6 is 0 Å². The van der Waals surface area contributed by atoms with Gasteiger partial charge in [0.15, 0.2) is 0 Å². The molecule has 0 atom stereocenters. The molecule has 0 aliphatic rings. The van der Waals surface area contributed by atoms with Crippen LogP contribution in [0.25, 0.3) is 0 Å². The van der Waals surface area contributed by atoms with E-state index >= 15 is 0 Å². The maximum atomic E-state index is 12.0. The van der Waals surface area contributed by atoms with Gasteiger partial charge in [0, 0.05) is 20.0 Å². The number of rotatable bonds is 6. The fraction of sp³-hybridized carbons (Fsp3) is 0.538. The van der Waals surface area contributed by atoms with Crippen molar-refractivity contribution in [1.29, 1.82) is 0 Å². The summed E-state index contributed by atoms with van der Waals surface area (Å²) in [5.74, 6) is 2.39. The molecule has 98 valence electrons. The summed E-state index contributed by atoms with van der Waals surface area (Å²) in [5, 5.41) is 7.04. The molecule has 3 N–H and O–H groups in total. The Hall–Kier alpha value is -1.96. The van der Waals surface area contributed by atoms with Gasteiger partial charge in [-0.05, 0) is 19.3 Å². The van der Waals surface area contributed by atoms with Crippen LogP contribution in [0.4, 0.5) is 5.69 Å². The maximum Gasteiger partial charge on any atom is 0.271 e. The first kappa shape index (κ1) is 14.1. The molecule has 0 saturated heterocycles. The van der Waals surface area contributed by atoms with Crippen molar-refractivity contribution < 1.29 is 4.79 Å². The van der Waals surface area contributed by atoms with Gasteiger partial charge in [0.1, 0.15) is 5.69 Å². The zero-order valence-electron chi connectivity index (χ0n) is 11.0. The number of aromatic nitrogens is 2. The number of aryl methyl sites for hydroxylation is 2. The molecule has 1 heterocycles. The van der Waals surface area contributed by atoms with Crippen molar-refractivity contribution in [3.05, 3.63) is 11.4 Å². The summed E-state index contributed by atoms with van der Waals surface area (Å²) in [6.45, 7) is 2.56. The molecule has 5 nitrogen and oxygen atoms in total. The zero-order chi connectivity index (χ0) is 13.5. The monoisotopic (exact) mass is 248 g/mol. The molecule has 0 aliphatic carbocycles. The Morgan fingerprint density at radius 3 is 2.83 bits per heavy atom. The molecule has 1 rings (SSSR count). The highest BCUT2D eigenvalue weighted by Crippen LogP contribution is 2.16. The van der Waals surface area contributed by atoms with Crippen LogP contribution in [-0.2, 0) is 13.5 Å². The fourth-order valence-corrected chi connectivity index (χ4v) is 1.76. The summed E-state index contributed by atoms with van der Waals surface area (Å²) in [5.41, 5.74) is 7.56. The lowest BCUT2D eigenvalue weighted by Crippen LogP contribution is -2.27. The number of hydrogen-bond donors (Lipinski definition) is 2. The summed E-state index contributed by atoms with van der Waals surface area (Å²) >= 11 is 0. The van der Waals surface area contributed by atoms with Crippen LogP contribution in [0.15, 0.2) is 0 Å². The zero-order valence-corrected chi connectivity index (χ0v) is 11.0. The molecule has 1 aromatic heterocycles. The summed E-state index contributed by atoms with van der Waals surface area (Å²) in [6, 6.07) is 0. The highest BCUT2D eigenvalue weighted by molar-refractivity contribution is 5.97. The minimum Gasteiger partial charge on any atom is -0.395 e. The van der Waals surface area contributed by atoms with Gasteiger partial charge < -0.3 is 11.1 Å². The molecule has 0 spiro atoms. The Morgan fingerprint density at radius 2 is 2.28 bits per heavy atom. The number of unbranched alkanes of at least 4 members (excludes halogenated alkanes) is 2. The molecule has 0 aliphatic heterocycles. The van der Waals surface area contributed by atoms with Crippen LogP contribution in [-0.4, -0.2) is 22.2 Å². The van der Waals surface area contributed by atoms with Crippen molar-refractivity contribution in [1.82, 2.24) is 15.1 Å². The molecule has 0 aromatic carbocycles. The highest BCUT2D eigenvalue weighted by Gasteiger charge is 2.18. The Morgan fingerprint density at radius 1 is 1.56 bits per heavy atom. The highest BCUT2D eigenvalue weighted by atomic mass is 16.2. The van der Waals surface area contributed by atoms with Crippen LogP contribution in [0.3, 0.4) is 0 Å². The van der Waals surface area contributed by atoms with Crippen LogP contribution in [0.1, 0.15) is 42.4 Å². The summed E-state index contributed by atoms with van der Waals surface area (Å²) in [6.07, 6.45) is 8.40. The molecule has 1 aromatic rings. The van der Waals surface area contributed by atoms with Gasteiger partial charge in [-0.3, -0.25) is 9.48 Å². The van der Waals surface area contributed by atoms with E-state index in [-0.39, 0.29) is 5.91 Å². The van der Waals surface area contributed by atoms with Crippen LogP contribution < -0.4 is 11.1 Å². The fourth-order valence-electron chi connectivity index (χ4n) is 1.76. The van der Waals surface area contributed by atoms with Crippen LogP contribution in [0.5, 0.6) is 0 Å². The molecule has 5 heteroatoms. The van der Waals surface area contributed by atoms with Gasteiger partial charge in [0.25, 0.3) is 5.91 Å². The summed E-state index contributed by atoms with van der Waals surface area (Å²) in [7, 11) is 1.72. The van der Waals surface area contributed by atoms with E-state index in [1.54, 1.807) is 7.05 Å². The van der Waals surface area contributed by atoms with E-state index in [1.807, 2.05) is 6.92 Å². The van der Waals surface area contributed by atoms with Crippen molar-refractivity contribution in [3.63, 3.8) is 0 Å². The number of anilines is 1. The Balaban J connectivity index is 2.57. The van der Waals surface area contributed by atoms with Crippen LogP contribution in [0.2, 0.25) is 0 Å². The minimum absolute atomic E-state index is 0.178. The van der Waals surface area contributed by atoms with Crippen molar-refractivity contribution in [2.45, 2.75) is 32.6 Å². The Kier molecular flexibility index (Phi) is 5.25. The third-order valence-corrected chi connectivity index (χ3v) is 2.74. The first-order chi connectivity index (χ1) is 8.61. The number of hydrogen-bond acceptors (Lipinski definition) is 3. The second kappa shape index (κ2) is 6.70. The molecule has 0 radical (unpaired) electrons. The maximum absolute atomic E-state index is 12.0. The smallest absolute Gasteiger partial charge is 0.271 e. The van der Waals surface area contributed by atoms with Gasteiger partial charge in [0.2, 0.25) is 0 Å². The second-order valence-electron chi connectivity index (χ2n) is 4.10. The second-order valence-corrected chi connectivity index (χ2v) is 4.10. The average molecular weight is 248 g/mol. The van der Waals surface area contributed by atoms with E-state index < -0.39 is 0 Å². The number of nitrogen functional groups attached to an aromatic ring is 1. The van der Waals surface area contributed by atoms with Gasteiger partial charge in [-0.2, -0.15) is 5.10 Å². The van der Waals surface area contributed by atoms with Crippen molar-refractivity contribution in [2.24, 2.45) is 7.05 Å². The van der Waals surface area contributed by atoms with E-state index in [4.69, 9.17) is 12.2 Å². The van der Waals surface area contributed by atoms with E-state index in [9.17, 15) is 4.79 Å². The van der Waals surface area contributed by atoms with Crippen molar-refractivity contribution in [2.75, 3.05) is 12.3 Å². The largest absolute Gasteiger partial charge is 0.395 e. The molecule has 18 heavy (non-hydrogen) atoms. The third kappa shape index (κ3) is 3.27. The molecule has 1 amide bonds. The lowest BCUT2D eigenvalue weighted by molar-refractivity contribution is 0.0944. The number of terminal acetylenes is 1. The van der Waals surface area contributed by atoms with Crippen LogP contribution in [0, 0.1) is 12.3 Å². The predicted molar refractivity (Wildman–Crippen MR) is 72.0 cm³/mol. The first-order valence-corrected chi connectivity index (χ1v) is 6.14. The van der Waals surface area contributed by atoms with E-state index in [1.165, 1.54) is 4.68 Å². The average Bonchev–Trinajstić information content (AvgIpc) is 2.63. The van der Waals surface area contributed by atoms with Gasteiger partial charge in [-0.25, -0.2) is 0 Å². The lowest BCUT2D eigenvalue weighted by Gasteiger charge is -2.05. The van der Waals surface area contributed by atoms with Gasteiger partial charge in [-0.1, -0.05) is 6.92 Å². The molecular weight excluding hydrogens is 228 g/mol. The van der Waals surface area contributed by atoms with Crippen molar-refractivity contribution >= 4 is 11.6 Å².